The number of anilines is 1. The molecule has 0 fully saturated rings. The summed E-state index contributed by atoms with van der Waals surface area (Å²) in [6, 6.07) is 9.22. The summed E-state index contributed by atoms with van der Waals surface area (Å²) in [7, 11) is -4.07. The number of aliphatic imine (C=N–C) groups is 1. The summed E-state index contributed by atoms with van der Waals surface area (Å²) in [5.41, 5.74) is -0.797. The number of aryl methyl sites for hydroxylation is 1. The van der Waals surface area contributed by atoms with Gasteiger partial charge in [0.05, 0.1) is 28.3 Å². The van der Waals surface area contributed by atoms with E-state index in [-0.39, 0.29) is 29.6 Å². The summed E-state index contributed by atoms with van der Waals surface area (Å²) in [6.45, 7) is 2.15. The Labute approximate surface area is 148 Å². The highest BCUT2D eigenvalue weighted by Gasteiger charge is 2.37. The highest BCUT2D eigenvalue weighted by Crippen LogP contribution is 2.36. The lowest BCUT2D eigenvalue weighted by Crippen LogP contribution is -2.20. The van der Waals surface area contributed by atoms with Gasteiger partial charge in [-0.1, -0.05) is 23.8 Å². The molecule has 9 heteroatoms. The number of sulfonamides is 1. The molecule has 1 heterocycles. The number of halogens is 3. The third-order valence-corrected chi connectivity index (χ3v) is 5.13. The second kappa shape index (κ2) is 6.64. The summed E-state index contributed by atoms with van der Waals surface area (Å²) in [5.74, 6) is -0.223. The SMILES string of the molecule is Cc1ccc(S(=O)(=O)Nc2cccc(C(F)(F)F)c2C2=NCCO2)cc1. The van der Waals surface area contributed by atoms with Gasteiger partial charge < -0.3 is 4.74 Å². The molecule has 2 aromatic carbocycles. The maximum Gasteiger partial charge on any atom is 0.417 e. The van der Waals surface area contributed by atoms with E-state index >= 15 is 0 Å². The van der Waals surface area contributed by atoms with Gasteiger partial charge in [0.25, 0.3) is 10.0 Å². The topological polar surface area (TPSA) is 67.8 Å². The third-order valence-electron chi connectivity index (χ3n) is 3.74. The summed E-state index contributed by atoms with van der Waals surface area (Å²) in [4.78, 5) is 3.86. The minimum Gasteiger partial charge on any atom is -0.475 e. The van der Waals surface area contributed by atoms with Gasteiger partial charge in [-0.15, -0.1) is 0 Å². The van der Waals surface area contributed by atoms with Gasteiger partial charge in [0.15, 0.2) is 0 Å². The van der Waals surface area contributed by atoms with E-state index in [1.807, 2.05) is 0 Å². The van der Waals surface area contributed by atoms with Crippen LogP contribution in [0.25, 0.3) is 0 Å². The van der Waals surface area contributed by atoms with Crippen molar-refractivity contribution in [1.82, 2.24) is 0 Å². The van der Waals surface area contributed by atoms with E-state index < -0.39 is 27.3 Å². The molecule has 1 N–H and O–H groups in total. The van der Waals surface area contributed by atoms with E-state index in [1.54, 1.807) is 19.1 Å². The smallest absolute Gasteiger partial charge is 0.417 e. The number of hydrogen-bond acceptors (Lipinski definition) is 4. The average Bonchev–Trinajstić information content (AvgIpc) is 3.08. The van der Waals surface area contributed by atoms with Crippen LogP contribution >= 0.6 is 0 Å². The van der Waals surface area contributed by atoms with Gasteiger partial charge in [-0.05, 0) is 31.2 Å². The Balaban J connectivity index is 2.09. The number of nitrogens with zero attached hydrogens (tertiary/aromatic N) is 1. The Kier molecular flexibility index (Phi) is 4.66. The van der Waals surface area contributed by atoms with Gasteiger partial charge in [-0.2, -0.15) is 13.2 Å². The monoisotopic (exact) mass is 384 g/mol. The van der Waals surface area contributed by atoms with Gasteiger partial charge >= 0.3 is 6.18 Å². The molecular weight excluding hydrogens is 369 g/mol. The quantitative estimate of drug-likeness (QED) is 0.876. The minimum atomic E-state index is -4.69. The van der Waals surface area contributed by atoms with Crippen molar-refractivity contribution in [2.45, 2.75) is 18.0 Å². The highest BCUT2D eigenvalue weighted by atomic mass is 32.2. The lowest BCUT2D eigenvalue weighted by Gasteiger charge is -2.17. The Hall–Kier alpha value is -2.55. The van der Waals surface area contributed by atoms with Gasteiger partial charge in [0.2, 0.25) is 5.90 Å². The summed E-state index contributed by atoms with van der Waals surface area (Å²) < 4.78 is 72.7. The van der Waals surface area contributed by atoms with E-state index in [0.717, 1.165) is 17.7 Å². The molecule has 0 saturated heterocycles. The van der Waals surface area contributed by atoms with Crippen LogP contribution in [-0.4, -0.2) is 27.5 Å². The zero-order valence-electron chi connectivity index (χ0n) is 13.7. The zero-order valence-corrected chi connectivity index (χ0v) is 14.5. The van der Waals surface area contributed by atoms with E-state index in [9.17, 15) is 21.6 Å². The molecular formula is C17H15F3N2O3S. The third kappa shape index (κ3) is 3.67. The maximum atomic E-state index is 13.4. The molecule has 0 atom stereocenters. The largest absolute Gasteiger partial charge is 0.475 e. The molecule has 26 heavy (non-hydrogen) atoms. The number of rotatable bonds is 4. The second-order valence-electron chi connectivity index (χ2n) is 5.68. The van der Waals surface area contributed by atoms with Crippen LogP contribution in [0, 0.1) is 6.92 Å². The second-order valence-corrected chi connectivity index (χ2v) is 7.36. The number of benzene rings is 2. The van der Waals surface area contributed by atoms with Gasteiger partial charge in [-0.3, -0.25) is 4.72 Å². The lowest BCUT2D eigenvalue weighted by molar-refractivity contribution is -0.137. The molecule has 0 saturated carbocycles. The zero-order chi connectivity index (χ0) is 18.9. The first-order chi connectivity index (χ1) is 12.2. The average molecular weight is 384 g/mol. The van der Waals surface area contributed by atoms with Crippen molar-refractivity contribution in [3.8, 4) is 0 Å². The van der Waals surface area contributed by atoms with E-state index in [2.05, 4.69) is 9.71 Å². The molecule has 0 bridgehead atoms. The maximum absolute atomic E-state index is 13.4. The van der Waals surface area contributed by atoms with Crippen LogP contribution in [0.2, 0.25) is 0 Å². The molecule has 0 spiro atoms. The van der Waals surface area contributed by atoms with Crippen LogP contribution in [0.5, 0.6) is 0 Å². The molecule has 1 aliphatic heterocycles. The predicted molar refractivity (Wildman–Crippen MR) is 90.8 cm³/mol. The Bertz CT molecular complexity index is 952. The number of nitrogens with one attached hydrogen (secondary N) is 1. The van der Waals surface area contributed by atoms with Crippen molar-refractivity contribution in [3.05, 3.63) is 59.2 Å². The molecule has 0 radical (unpaired) electrons. The van der Waals surface area contributed by atoms with Crippen molar-refractivity contribution < 1.29 is 26.3 Å². The molecule has 2 aromatic rings. The van der Waals surface area contributed by atoms with Crippen molar-refractivity contribution in [2.75, 3.05) is 17.9 Å². The Morgan fingerprint density at radius 3 is 2.38 bits per heavy atom. The first kappa shape index (κ1) is 18.2. The number of alkyl halides is 3. The van der Waals surface area contributed by atoms with Crippen LogP contribution < -0.4 is 4.72 Å². The fourth-order valence-corrected chi connectivity index (χ4v) is 3.58. The first-order valence-corrected chi connectivity index (χ1v) is 9.14. The minimum absolute atomic E-state index is 0.0549. The fourth-order valence-electron chi connectivity index (χ4n) is 2.51. The molecule has 5 nitrogen and oxygen atoms in total. The van der Waals surface area contributed by atoms with Gasteiger partial charge in [-0.25, -0.2) is 13.4 Å². The van der Waals surface area contributed by atoms with Crippen molar-refractivity contribution in [3.63, 3.8) is 0 Å². The van der Waals surface area contributed by atoms with E-state index in [0.29, 0.717) is 0 Å². The van der Waals surface area contributed by atoms with Crippen LogP contribution in [0.3, 0.4) is 0 Å². The first-order valence-electron chi connectivity index (χ1n) is 7.66. The van der Waals surface area contributed by atoms with Gasteiger partial charge in [0, 0.05) is 0 Å². The molecule has 138 valence electrons. The highest BCUT2D eigenvalue weighted by molar-refractivity contribution is 7.92. The molecule has 0 amide bonds. The lowest BCUT2D eigenvalue weighted by atomic mass is 10.0. The van der Waals surface area contributed by atoms with Crippen LogP contribution in [-0.2, 0) is 20.9 Å². The molecule has 3 rings (SSSR count). The number of ether oxygens (including phenoxy) is 1. The molecule has 1 aliphatic rings. The van der Waals surface area contributed by atoms with Crippen LogP contribution in [0.15, 0.2) is 52.4 Å². The summed E-state index contributed by atoms with van der Waals surface area (Å²) >= 11 is 0. The Morgan fingerprint density at radius 1 is 1.12 bits per heavy atom. The van der Waals surface area contributed by atoms with Crippen molar-refractivity contribution in [2.24, 2.45) is 4.99 Å². The van der Waals surface area contributed by atoms with Crippen molar-refractivity contribution >= 4 is 21.6 Å². The van der Waals surface area contributed by atoms with E-state index in [4.69, 9.17) is 4.74 Å². The number of hydrogen-bond donors (Lipinski definition) is 1. The van der Waals surface area contributed by atoms with Crippen LogP contribution in [0.1, 0.15) is 16.7 Å². The predicted octanol–water partition coefficient (Wildman–Crippen LogP) is 3.59. The van der Waals surface area contributed by atoms with Gasteiger partial charge in [0.1, 0.15) is 6.61 Å². The van der Waals surface area contributed by atoms with Crippen LogP contribution in [0.4, 0.5) is 18.9 Å². The summed E-state index contributed by atoms with van der Waals surface area (Å²) in [6.07, 6.45) is -4.69. The van der Waals surface area contributed by atoms with Crippen molar-refractivity contribution in [1.29, 1.82) is 0 Å². The standard InChI is InChI=1S/C17H15F3N2O3S/c1-11-5-7-12(8-6-11)26(23,24)22-14-4-2-3-13(17(18,19)20)15(14)16-21-9-10-25-16/h2-8,22H,9-10H2,1H3. The summed E-state index contributed by atoms with van der Waals surface area (Å²) in [5, 5.41) is 0. The fraction of sp³-hybridized carbons (Fsp3) is 0.235. The molecule has 0 aromatic heterocycles. The van der Waals surface area contributed by atoms with E-state index in [1.165, 1.54) is 18.2 Å². The molecule has 0 unspecified atom stereocenters. The normalized spacial score (nSPS) is 14.7. The molecule has 0 aliphatic carbocycles. The Morgan fingerprint density at radius 2 is 1.81 bits per heavy atom.